The summed E-state index contributed by atoms with van der Waals surface area (Å²) in [5.74, 6) is 0.432. The maximum absolute atomic E-state index is 11.3. The quantitative estimate of drug-likeness (QED) is 0.625. The number of nitrogens with zero attached hydrogens (tertiary/aromatic N) is 1. The highest BCUT2D eigenvalue weighted by Gasteiger charge is 2.21. The zero-order valence-electron chi connectivity index (χ0n) is 9.51. The zero-order valence-corrected chi connectivity index (χ0v) is 11.1. The number of aliphatic imine (C=N–C) groups is 1. The minimum absolute atomic E-state index is 0.372. The molecule has 94 valence electrons. The molecule has 1 saturated carbocycles. The van der Waals surface area contributed by atoms with Crippen molar-refractivity contribution in [3.8, 4) is 0 Å². The van der Waals surface area contributed by atoms with Crippen LogP contribution in [0.3, 0.4) is 0 Å². The zero-order chi connectivity index (χ0) is 12.5. The molecule has 1 aliphatic rings. The van der Waals surface area contributed by atoms with Gasteiger partial charge in [0.2, 0.25) is 0 Å². The Hall–Kier alpha value is -1.08. The van der Waals surface area contributed by atoms with E-state index in [1.165, 1.54) is 17.6 Å². The van der Waals surface area contributed by atoms with Gasteiger partial charge in [0.25, 0.3) is 0 Å². The normalized spacial score (nSPS) is 17.1. The summed E-state index contributed by atoms with van der Waals surface area (Å²) in [5, 5.41) is 3.08. The number of nitrogens with two attached hydrogens (primary N) is 1. The van der Waals surface area contributed by atoms with Gasteiger partial charge in [0, 0.05) is 17.2 Å². The van der Waals surface area contributed by atoms with Crippen molar-refractivity contribution in [3.63, 3.8) is 0 Å². The van der Waals surface area contributed by atoms with Gasteiger partial charge >= 0.3 is 0 Å². The molecule has 0 aliphatic heterocycles. The average molecular weight is 273 g/mol. The van der Waals surface area contributed by atoms with Gasteiger partial charge in [-0.05, 0) is 25.0 Å². The Morgan fingerprint density at radius 2 is 2.29 bits per heavy atom. The van der Waals surface area contributed by atoms with Crippen LogP contribution in [0.25, 0.3) is 0 Å². The SMILES string of the molecule is CS(=O)(=O)c1ccc(CN=C(N)NC2CC2)s1. The van der Waals surface area contributed by atoms with E-state index in [1.807, 2.05) is 0 Å². The van der Waals surface area contributed by atoms with E-state index in [4.69, 9.17) is 5.73 Å². The standard InChI is InChI=1S/C10H15N3O2S2/c1-17(14,15)9-5-4-8(16-9)6-12-10(11)13-7-2-3-7/h4-5,7H,2-3,6H2,1H3,(H3,11,12,13). The molecule has 0 bridgehead atoms. The maximum Gasteiger partial charge on any atom is 0.189 e. The van der Waals surface area contributed by atoms with Crippen LogP contribution in [0.15, 0.2) is 21.3 Å². The number of guanidine groups is 1. The minimum Gasteiger partial charge on any atom is -0.370 e. The van der Waals surface area contributed by atoms with Gasteiger partial charge in [-0.1, -0.05) is 0 Å². The molecule has 3 N–H and O–H groups in total. The van der Waals surface area contributed by atoms with Crippen molar-refractivity contribution >= 4 is 27.1 Å². The van der Waals surface area contributed by atoms with E-state index >= 15 is 0 Å². The van der Waals surface area contributed by atoms with Crippen molar-refractivity contribution in [2.24, 2.45) is 10.7 Å². The molecule has 1 fully saturated rings. The lowest BCUT2D eigenvalue weighted by Gasteiger charge is -2.01. The highest BCUT2D eigenvalue weighted by Crippen LogP contribution is 2.22. The summed E-state index contributed by atoms with van der Waals surface area (Å²) < 4.78 is 22.9. The lowest BCUT2D eigenvalue weighted by Crippen LogP contribution is -2.33. The molecular weight excluding hydrogens is 258 g/mol. The third-order valence-corrected chi connectivity index (χ3v) is 5.23. The van der Waals surface area contributed by atoms with Crippen LogP contribution in [-0.4, -0.2) is 26.7 Å². The van der Waals surface area contributed by atoms with Gasteiger partial charge in [0.15, 0.2) is 15.8 Å². The fourth-order valence-corrected chi connectivity index (χ4v) is 3.19. The van der Waals surface area contributed by atoms with Gasteiger partial charge in [-0.25, -0.2) is 13.4 Å². The van der Waals surface area contributed by atoms with Crippen molar-refractivity contribution in [1.82, 2.24) is 5.32 Å². The Kier molecular flexibility index (Phi) is 3.39. The molecule has 7 heteroatoms. The van der Waals surface area contributed by atoms with Gasteiger partial charge in [0.05, 0.1) is 6.54 Å². The summed E-state index contributed by atoms with van der Waals surface area (Å²) in [6, 6.07) is 3.86. The fraction of sp³-hybridized carbons (Fsp3) is 0.500. The van der Waals surface area contributed by atoms with E-state index in [0.717, 1.165) is 17.7 Å². The number of sulfone groups is 1. The molecule has 1 aromatic rings. The molecule has 17 heavy (non-hydrogen) atoms. The van der Waals surface area contributed by atoms with E-state index in [9.17, 15) is 8.42 Å². The Bertz CT molecular complexity index is 530. The van der Waals surface area contributed by atoms with Crippen LogP contribution < -0.4 is 11.1 Å². The van der Waals surface area contributed by atoms with Crippen LogP contribution in [0.2, 0.25) is 0 Å². The van der Waals surface area contributed by atoms with Crippen LogP contribution in [0.5, 0.6) is 0 Å². The van der Waals surface area contributed by atoms with E-state index in [2.05, 4.69) is 10.3 Å². The molecule has 0 unspecified atom stereocenters. The van der Waals surface area contributed by atoms with E-state index in [1.54, 1.807) is 12.1 Å². The van der Waals surface area contributed by atoms with Gasteiger partial charge in [-0.3, -0.25) is 0 Å². The van der Waals surface area contributed by atoms with Crippen LogP contribution in [-0.2, 0) is 16.4 Å². The minimum atomic E-state index is -3.11. The number of thiophene rings is 1. The van der Waals surface area contributed by atoms with Crippen molar-refractivity contribution in [2.45, 2.75) is 29.6 Å². The number of rotatable bonds is 4. The van der Waals surface area contributed by atoms with Gasteiger partial charge in [0.1, 0.15) is 4.21 Å². The summed E-state index contributed by atoms with van der Waals surface area (Å²) in [5.41, 5.74) is 5.68. The highest BCUT2D eigenvalue weighted by atomic mass is 32.2. The van der Waals surface area contributed by atoms with Crippen LogP contribution in [0.1, 0.15) is 17.7 Å². The molecule has 0 spiro atoms. The Morgan fingerprint density at radius 3 is 2.82 bits per heavy atom. The topological polar surface area (TPSA) is 84.5 Å². The lowest BCUT2D eigenvalue weighted by molar-refractivity contribution is 0.604. The van der Waals surface area contributed by atoms with E-state index in [-0.39, 0.29) is 0 Å². The fourth-order valence-electron chi connectivity index (χ4n) is 1.29. The molecular formula is C10H15N3O2S2. The second-order valence-electron chi connectivity index (χ2n) is 4.11. The number of hydrogen-bond acceptors (Lipinski definition) is 4. The summed E-state index contributed by atoms with van der Waals surface area (Å²) in [6.07, 6.45) is 3.50. The summed E-state index contributed by atoms with van der Waals surface area (Å²) in [6.45, 7) is 0.422. The second-order valence-corrected chi connectivity index (χ2v) is 7.52. The summed E-state index contributed by atoms with van der Waals surface area (Å²) >= 11 is 1.24. The smallest absolute Gasteiger partial charge is 0.189 e. The summed E-state index contributed by atoms with van der Waals surface area (Å²) in [7, 11) is -3.11. The van der Waals surface area contributed by atoms with Gasteiger partial charge < -0.3 is 11.1 Å². The predicted octanol–water partition coefficient (Wildman–Crippen LogP) is 0.718. The van der Waals surface area contributed by atoms with E-state index < -0.39 is 9.84 Å². The first-order valence-electron chi connectivity index (χ1n) is 5.30. The van der Waals surface area contributed by atoms with Crippen LogP contribution in [0, 0.1) is 0 Å². The Labute approximate surface area is 105 Å². The van der Waals surface area contributed by atoms with Crippen LogP contribution in [0.4, 0.5) is 0 Å². The first kappa shape index (κ1) is 12.4. The third-order valence-electron chi connectivity index (χ3n) is 2.34. The highest BCUT2D eigenvalue weighted by molar-refractivity contribution is 7.92. The van der Waals surface area contributed by atoms with Gasteiger partial charge in [-0.15, -0.1) is 11.3 Å². The predicted molar refractivity (Wildman–Crippen MR) is 68.9 cm³/mol. The van der Waals surface area contributed by atoms with Crippen molar-refractivity contribution in [3.05, 3.63) is 17.0 Å². The van der Waals surface area contributed by atoms with Crippen molar-refractivity contribution < 1.29 is 8.42 Å². The Balaban J connectivity index is 1.96. The third kappa shape index (κ3) is 3.71. The number of nitrogens with one attached hydrogen (secondary N) is 1. The molecule has 1 heterocycles. The van der Waals surface area contributed by atoms with E-state index in [0.29, 0.717) is 22.8 Å². The van der Waals surface area contributed by atoms with Crippen LogP contribution >= 0.6 is 11.3 Å². The molecule has 1 aromatic heterocycles. The largest absolute Gasteiger partial charge is 0.370 e. The van der Waals surface area contributed by atoms with Crippen molar-refractivity contribution in [2.75, 3.05) is 6.26 Å². The maximum atomic E-state index is 11.3. The first-order chi connectivity index (χ1) is 7.95. The lowest BCUT2D eigenvalue weighted by atomic mass is 10.5. The molecule has 1 aliphatic carbocycles. The molecule has 0 atom stereocenters. The molecule has 0 saturated heterocycles. The Morgan fingerprint density at radius 1 is 1.59 bits per heavy atom. The van der Waals surface area contributed by atoms with Crippen molar-refractivity contribution in [1.29, 1.82) is 0 Å². The first-order valence-corrected chi connectivity index (χ1v) is 8.01. The molecule has 0 aromatic carbocycles. The monoisotopic (exact) mass is 273 g/mol. The van der Waals surface area contributed by atoms with Gasteiger partial charge in [-0.2, -0.15) is 0 Å². The molecule has 2 rings (SSSR count). The second kappa shape index (κ2) is 4.66. The average Bonchev–Trinajstić information content (AvgIpc) is 2.90. The number of hydrogen-bond donors (Lipinski definition) is 2. The molecule has 0 amide bonds. The molecule has 0 radical (unpaired) electrons. The molecule has 5 nitrogen and oxygen atoms in total. The summed E-state index contributed by atoms with van der Waals surface area (Å²) in [4.78, 5) is 5.06.